The van der Waals surface area contributed by atoms with E-state index in [0.717, 1.165) is 28.6 Å². The van der Waals surface area contributed by atoms with Gasteiger partial charge in [0.25, 0.3) is 5.56 Å². The number of thioether (sulfide) groups is 1. The Labute approximate surface area is 182 Å². The van der Waals surface area contributed by atoms with Crippen molar-refractivity contribution in [2.24, 2.45) is 11.3 Å². The van der Waals surface area contributed by atoms with Crippen molar-refractivity contribution in [2.75, 3.05) is 32.2 Å². The zero-order valence-corrected chi connectivity index (χ0v) is 18.9. The molecule has 4 N–H and O–H groups in total. The summed E-state index contributed by atoms with van der Waals surface area (Å²) in [5, 5.41) is 28.9. The number of aliphatic hydroxyl groups excluding tert-OH is 3. The highest BCUT2D eigenvalue weighted by Gasteiger charge is 2.44. The summed E-state index contributed by atoms with van der Waals surface area (Å²) in [5.74, 6) is -0.607. The van der Waals surface area contributed by atoms with Gasteiger partial charge in [-0.05, 0) is 13.8 Å². The van der Waals surface area contributed by atoms with Crippen LogP contribution in [0.2, 0.25) is 0 Å². The fourth-order valence-corrected chi connectivity index (χ4v) is 4.36. The van der Waals surface area contributed by atoms with E-state index in [9.17, 15) is 29.2 Å². The number of carbonyl (C=O) groups is 1. The van der Waals surface area contributed by atoms with Crippen LogP contribution in [0, 0.1) is 11.3 Å². The first-order valence-corrected chi connectivity index (χ1v) is 11.6. The minimum Gasteiger partial charge on any atom is -0.396 e. The van der Waals surface area contributed by atoms with Gasteiger partial charge in [-0.15, -0.1) is 0 Å². The third-order valence-corrected chi connectivity index (χ3v) is 6.74. The number of H-pyrrole nitrogens is 1. The topological polar surface area (TPSA) is 177 Å². The fraction of sp³-hybridized carbons (Fsp3) is 0.706. The van der Waals surface area contributed by atoms with Gasteiger partial charge in [-0.1, -0.05) is 11.8 Å². The Morgan fingerprint density at radius 1 is 1.35 bits per heavy atom. The zero-order valence-electron chi connectivity index (χ0n) is 17.1. The molecule has 0 saturated carbocycles. The Kier molecular flexibility index (Phi) is 9.65. The number of aromatic nitrogens is 2. The van der Waals surface area contributed by atoms with Gasteiger partial charge in [-0.2, -0.15) is 0 Å². The normalized spacial score (nSPS) is 24.9. The van der Waals surface area contributed by atoms with Crippen molar-refractivity contribution < 1.29 is 38.5 Å². The predicted octanol–water partition coefficient (Wildman–Crippen LogP) is -0.895. The average Bonchev–Trinajstić information content (AvgIpc) is 3.04. The van der Waals surface area contributed by atoms with E-state index in [0.29, 0.717) is 0 Å². The van der Waals surface area contributed by atoms with Gasteiger partial charge in [-0.25, -0.2) is 4.79 Å². The summed E-state index contributed by atoms with van der Waals surface area (Å²) in [4.78, 5) is 37.1. The summed E-state index contributed by atoms with van der Waals surface area (Å²) in [6.45, 7) is 2.14. The lowest BCUT2D eigenvalue weighted by atomic mass is 9.97. The second kappa shape index (κ2) is 11.5. The molecular weight excluding hydrogens is 455 g/mol. The largest absolute Gasteiger partial charge is 0.396 e. The molecule has 1 aliphatic rings. The van der Waals surface area contributed by atoms with Crippen LogP contribution in [0.4, 0.5) is 0 Å². The van der Waals surface area contributed by atoms with Crippen molar-refractivity contribution in [1.29, 1.82) is 0 Å². The first kappa shape index (κ1) is 25.9. The molecule has 0 radical (unpaired) electrons. The van der Waals surface area contributed by atoms with Crippen LogP contribution < -0.4 is 11.2 Å². The van der Waals surface area contributed by atoms with Crippen LogP contribution in [-0.2, 0) is 23.1 Å². The lowest BCUT2D eigenvalue weighted by molar-refractivity contribution is -0.119. The molecule has 1 aromatic heterocycles. The van der Waals surface area contributed by atoms with Crippen molar-refractivity contribution in [2.45, 2.75) is 32.3 Å². The first-order chi connectivity index (χ1) is 14.6. The lowest BCUT2D eigenvalue weighted by Gasteiger charge is -2.19. The summed E-state index contributed by atoms with van der Waals surface area (Å²) in [6.07, 6.45) is -2.17. The summed E-state index contributed by atoms with van der Waals surface area (Å²) >= 11 is 0.947. The smallest absolute Gasteiger partial charge is 0.330 e. The molecule has 14 heteroatoms. The van der Waals surface area contributed by atoms with E-state index in [2.05, 4.69) is 0 Å². The molecule has 0 aliphatic carbocycles. The molecular formula is C17H27N2O10PS. The zero-order chi connectivity index (χ0) is 23.2. The van der Waals surface area contributed by atoms with Crippen molar-refractivity contribution >= 4 is 25.1 Å². The highest BCUT2D eigenvalue weighted by Crippen LogP contribution is 2.35. The second-order valence-electron chi connectivity index (χ2n) is 7.51. The number of rotatable bonds is 11. The summed E-state index contributed by atoms with van der Waals surface area (Å²) < 4.78 is 28.7. The molecule has 2 rings (SSSR count). The van der Waals surface area contributed by atoms with E-state index in [4.69, 9.17) is 18.9 Å². The average molecular weight is 482 g/mol. The highest BCUT2D eigenvalue weighted by molar-refractivity contribution is 8.13. The minimum absolute atomic E-state index is 0.0251. The van der Waals surface area contributed by atoms with Gasteiger partial charge in [-0.3, -0.25) is 23.7 Å². The van der Waals surface area contributed by atoms with Gasteiger partial charge >= 0.3 is 13.9 Å². The summed E-state index contributed by atoms with van der Waals surface area (Å²) in [5.41, 5.74) is -2.28. The molecule has 5 atom stereocenters. The standard InChI is InChI=1S/C17H27N2O10PS/c1-17(2,9-21)15(24)31-6-5-27-30(26)28-8-11-10(7-20)13(23)14(29-11)19-4-3-12(22)18-16(19)25/h3-4,10-11,13-14,20-21,23,30H,5-9H2,1-2H3,(H,18,22,25)/t10-,11-,13-,14-/m1/s1. The van der Waals surface area contributed by atoms with Gasteiger partial charge in [0.1, 0.15) is 6.10 Å². The number of aromatic amines is 1. The van der Waals surface area contributed by atoms with Gasteiger partial charge < -0.3 is 29.1 Å². The maximum Gasteiger partial charge on any atom is 0.330 e. The van der Waals surface area contributed by atoms with Crippen LogP contribution in [-0.4, -0.2) is 74.4 Å². The lowest BCUT2D eigenvalue weighted by Crippen LogP contribution is -2.36. The van der Waals surface area contributed by atoms with Crippen molar-refractivity contribution in [3.05, 3.63) is 33.1 Å². The van der Waals surface area contributed by atoms with Crippen molar-refractivity contribution in [3.63, 3.8) is 0 Å². The Bertz CT molecular complexity index is 888. The first-order valence-electron chi connectivity index (χ1n) is 9.44. The molecule has 12 nitrogen and oxygen atoms in total. The molecule has 1 aliphatic heterocycles. The second-order valence-corrected chi connectivity index (χ2v) is 9.65. The van der Waals surface area contributed by atoms with Gasteiger partial charge in [0.2, 0.25) is 0 Å². The van der Waals surface area contributed by atoms with Crippen LogP contribution in [0.15, 0.2) is 21.9 Å². The number of hydrogen-bond acceptors (Lipinski definition) is 11. The van der Waals surface area contributed by atoms with Crippen LogP contribution >= 0.6 is 20.0 Å². The third-order valence-electron chi connectivity index (χ3n) is 4.71. The molecule has 176 valence electrons. The summed E-state index contributed by atoms with van der Waals surface area (Å²) in [7, 11) is -2.94. The number of hydrogen-bond donors (Lipinski definition) is 4. The quantitative estimate of drug-likeness (QED) is 0.227. The predicted molar refractivity (Wildman–Crippen MR) is 111 cm³/mol. The Hall–Kier alpha value is -1.31. The Morgan fingerprint density at radius 3 is 2.68 bits per heavy atom. The van der Waals surface area contributed by atoms with E-state index in [-0.39, 0.29) is 30.7 Å². The monoisotopic (exact) mass is 482 g/mol. The SMILES string of the molecule is CC(C)(CO)C(=O)SCCO[P@H](=O)OC[C@H]1O[C@@H](n2ccc(=O)[nH]c2=O)[C@H](O)[C@@H]1CO. The maximum atomic E-state index is 11.9. The van der Waals surface area contributed by atoms with E-state index in [1.165, 1.54) is 0 Å². The van der Waals surface area contributed by atoms with Crippen LogP contribution in [0.3, 0.4) is 0 Å². The molecule has 0 unspecified atom stereocenters. The van der Waals surface area contributed by atoms with Gasteiger partial charge in [0, 0.05) is 23.9 Å². The third kappa shape index (κ3) is 6.83. The van der Waals surface area contributed by atoms with Crippen LogP contribution in [0.1, 0.15) is 20.1 Å². The number of ether oxygens (including phenoxy) is 1. The molecule has 2 heterocycles. The Morgan fingerprint density at radius 2 is 2.06 bits per heavy atom. The van der Waals surface area contributed by atoms with Crippen molar-refractivity contribution in [3.8, 4) is 0 Å². The molecule has 1 aromatic rings. The number of carbonyl (C=O) groups excluding carboxylic acids is 1. The molecule has 0 amide bonds. The number of nitrogens with one attached hydrogen (secondary N) is 1. The summed E-state index contributed by atoms with van der Waals surface area (Å²) in [6, 6.07) is 1.09. The number of aliphatic hydroxyl groups is 3. The van der Waals surface area contributed by atoms with Crippen LogP contribution in [0.25, 0.3) is 0 Å². The maximum absolute atomic E-state index is 11.9. The van der Waals surface area contributed by atoms with E-state index in [1.54, 1.807) is 13.8 Å². The molecule has 0 bridgehead atoms. The number of nitrogens with zero attached hydrogens (tertiary/aromatic N) is 1. The minimum atomic E-state index is -2.94. The van der Waals surface area contributed by atoms with Gasteiger partial charge in [0.15, 0.2) is 11.3 Å². The van der Waals surface area contributed by atoms with E-state index < -0.39 is 55.9 Å². The molecule has 1 fully saturated rings. The van der Waals surface area contributed by atoms with Crippen molar-refractivity contribution in [1.82, 2.24) is 9.55 Å². The molecule has 0 aromatic carbocycles. The molecule has 31 heavy (non-hydrogen) atoms. The van der Waals surface area contributed by atoms with Gasteiger partial charge in [0.05, 0.1) is 37.9 Å². The van der Waals surface area contributed by atoms with E-state index in [1.807, 2.05) is 4.98 Å². The van der Waals surface area contributed by atoms with Crippen LogP contribution in [0.5, 0.6) is 0 Å². The van der Waals surface area contributed by atoms with E-state index >= 15 is 0 Å². The molecule has 1 saturated heterocycles. The fourth-order valence-electron chi connectivity index (χ4n) is 2.75. The highest BCUT2D eigenvalue weighted by atomic mass is 32.2. The Balaban J connectivity index is 1.84. The molecule has 0 spiro atoms.